The fourth-order valence-electron chi connectivity index (χ4n) is 1.02. The Kier molecular flexibility index (Phi) is 6.56. The summed E-state index contributed by atoms with van der Waals surface area (Å²) in [5.74, 6) is 0. The van der Waals surface area contributed by atoms with Gasteiger partial charge in [0.05, 0.1) is 0 Å². The standard InChI is InChI=1S/C7H13N.C2H6/c1-7-5-3-2-4-6-8-7;1-2/h2-6H2,1H3;1-2H3. The van der Waals surface area contributed by atoms with Gasteiger partial charge >= 0.3 is 0 Å². The first-order valence-electron chi connectivity index (χ1n) is 4.39. The molecule has 1 rings (SSSR count). The van der Waals surface area contributed by atoms with Crippen molar-refractivity contribution < 1.29 is 0 Å². The lowest BCUT2D eigenvalue weighted by Gasteiger charge is -1.89. The summed E-state index contributed by atoms with van der Waals surface area (Å²) in [5, 5.41) is 0. The van der Waals surface area contributed by atoms with Gasteiger partial charge in [-0.15, -0.1) is 0 Å². The van der Waals surface area contributed by atoms with Crippen LogP contribution < -0.4 is 0 Å². The minimum atomic E-state index is 1.08. The van der Waals surface area contributed by atoms with Crippen LogP contribution in [-0.2, 0) is 0 Å². The molecule has 0 saturated heterocycles. The van der Waals surface area contributed by atoms with Crippen LogP contribution in [0.3, 0.4) is 0 Å². The molecule has 0 N–H and O–H groups in total. The van der Waals surface area contributed by atoms with Gasteiger partial charge in [-0.2, -0.15) is 0 Å². The summed E-state index contributed by atoms with van der Waals surface area (Å²) in [5.41, 5.74) is 1.35. The van der Waals surface area contributed by atoms with Crippen molar-refractivity contribution in [1.29, 1.82) is 0 Å². The van der Waals surface area contributed by atoms with E-state index in [1.165, 1.54) is 31.4 Å². The number of hydrogen-bond acceptors (Lipinski definition) is 1. The molecule has 1 heteroatoms. The third kappa shape index (κ3) is 4.54. The van der Waals surface area contributed by atoms with Crippen molar-refractivity contribution in [3.63, 3.8) is 0 Å². The van der Waals surface area contributed by atoms with E-state index in [4.69, 9.17) is 0 Å². The van der Waals surface area contributed by atoms with Gasteiger partial charge in [-0.1, -0.05) is 20.3 Å². The number of rotatable bonds is 0. The van der Waals surface area contributed by atoms with Gasteiger partial charge in [-0.05, 0) is 26.2 Å². The Hall–Kier alpha value is -0.330. The Morgan fingerprint density at radius 3 is 2.50 bits per heavy atom. The van der Waals surface area contributed by atoms with Crippen LogP contribution in [0.1, 0.15) is 46.5 Å². The van der Waals surface area contributed by atoms with Crippen LogP contribution in [-0.4, -0.2) is 12.3 Å². The van der Waals surface area contributed by atoms with Crippen molar-refractivity contribution in [3.8, 4) is 0 Å². The quantitative estimate of drug-likeness (QED) is 0.491. The highest BCUT2D eigenvalue weighted by molar-refractivity contribution is 5.81. The molecule has 0 aliphatic carbocycles. The average molecular weight is 141 g/mol. The molecule has 0 aromatic rings. The summed E-state index contributed by atoms with van der Waals surface area (Å²) in [6.07, 6.45) is 5.27. The molecule has 0 aromatic carbocycles. The molecule has 1 nitrogen and oxygen atoms in total. The van der Waals surface area contributed by atoms with Crippen molar-refractivity contribution in [2.75, 3.05) is 6.54 Å². The van der Waals surface area contributed by atoms with Gasteiger partial charge in [-0.3, -0.25) is 4.99 Å². The smallest absolute Gasteiger partial charge is 0.0388 e. The maximum atomic E-state index is 4.34. The van der Waals surface area contributed by atoms with Gasteiger partial charge < -0.3 is 0 Å². The van der Waals surface area contributed by atoms with Crippen molar-refractivity contribution in [3.05, 3.63) is 0 Å². The van der Waals surface area contributed by atoms with Crippen LogP contribution in [0.4, 0.5) is 0 Å². The van der Waals surface area contributed by atoms with Gasteiger partial charge in [0, 0.05) is 12.3 Å². The molecule has 0 radical (unpaired) electrons. The fourth-order valence-corrected chi connectivity index (χ4v) is 1.02. The lowest BCUT2D eigenvalue weighted by Crippen LogP contribution is -1.87. The average Bonchev–Trinajstić information content (AvgIpc) is 2.21. The molecule has 0 unspecified atom stereocenters. The second-order valence-electron chi connectivity index (χ2n) is 2.43. The number of hydrogen-bond donors (Lipinski definition) is 0. The highest BCUT2D eigenvalue weighted by Crippen LogP contribution is 2.06. The fraction of sp³-hybridized carbons (Fsp3) is 0.889. The van der Waals surface area contributed by atoms with Crippen molar-refractivity contribution in [2.45, 2.75) is 46.5 Å². The van der Waals surface area contributed by atoms with Crippen LogP contribution in [0.5, 0.6) is 0 Å². The van der Waals surface area contributed by atoms with E-state index in [0.29, 0.717) is 0 Å². The number of aliphatic imine (C=N–C) groups is 1. The van der Waals surface area contributed by atoms with Gasteiger partial charge in [0.25, 0.3) is 0 Å². The van der Waals surface area contributed by atoms with E-state index in [-0.39, 0.29) is 0 Å². The molecule has 1 heterocycles. The van der Waals surface area contributed by atoms with Gasteiger partial charge in [-0.25, -0.2) is 0 Å². The SMILES string of the molecule is CC.CC1=NCCCCC1. The van der Waals surface area contributed by atoms with E-state index in [9.17, 15) is 0 Å². The summed E-state index contributed by atoms with van der Waals surface area (Å²) in [6.45, 7) is 7.21. The minimum Gasteiger partial charge on any atom is -0.294 e. The Morgan fingerprint density at radius 2 is 1.80 bits per heavy atom. The zero-order valence-corrected chi connectivity index (χ0v) is 7.48. The molecule has 0 bridgehead atoms. The first kappa shape index (κ1) is 9.67. The molecular formula is C9H19N. The van der Waals surface area contributed by atoms with Crippen molar-refractivity contribution >= 4 is 5.71 Å². The van der Waals surface area contributed by atoms with E-state index < -0.39 is 0 Å². The summed E-state index contributed by atoms with van der Waals surface area (Å²) >= 11 is 0. The molecule has 0 amide bonds. The summed E-state index contributed by atoms with van der Waals surface area (Å²) < 4.78 is 0. The third-order valence-corrected chi connectivity index (χ3v) is 1.58. The Bertz CT molecular complexity index is 94.9. The lowest BCUT2D eigenvalue weighted by molar-refractivity contribution is 0.731. The second-order valence-corrected chi connectivity index (χ2v) is 2.43. The lowest BCUT2D eigenvalue weighted by atomic mass is 10.2. The van der Waals surface area contributed by atoms with Gasteiger partial charge in [0.1, 0.15) is 0 Å². The van der Waals surface area contributed by atoms with E-state index >= 15 is 0 Å². The second kappa shape index (κ2) is 6.79. The molecule has 0 fully saturated rings. The van der Waals surface area contributed by atoms with Gasteiger partial charge in [0.2, 0.25) is 0 Å². The molecule has 1 aliphatic rings. The van der Waals surface area contributed by atoms with Crippen molar-refractivity contribution in [2.24, 2.45) is 4.99 Å². The van der Waals surface area contributed by atoms with Crippen LogP contribution in [0.15, 0.2) is 4.99 Å². The van der Waals surface area contributed by atoms with Crippen LogP contribution in [0.25, 0.3) is 0 Å². The molecule has 1 aliphatic heterocycles. The molecule has 0 saturated carbocycles. The maximum Gasteiger partial charge on any atom is 0.0388 e. The molecular weight excluding hydrogens is 122 g/mol. The molecule has 60 valence electrons. The third-order valence-electron chi connectivity index (χ3n) is 1.58. The molecule has 10 heavy (non-hydrogen) atoms. The predicted octanol–water partition coefficient (Wildman–Crippen LogP) is 3.05. The summed E-state index contributed by atoms with van der Waals surface area (Å²) in [6, 6.07) is 0. The summed E-state index contributed by atoms with van der Waals surface area (Å²) in [7, 11) is 0. The monoisotopic (exact) mass is 141 g/mol. The summed E-state index contributed by atoms with van der Waals surface area (Å²) in [4.78, 5) is 4.34. The minimum absolute atomic E-state index is 1.08. The molecule has 0 atom stereocenters. The van der Waals surface area contributed by atoms with Gasteiger partial charge in [0.15, 0.2) is 0 Å². The Labute approximate surface area is 64.6 Å². The van der Waals surface area contributed by atoms with E-state index in [1.807, 2.05) is 13.8 Å². The predicted molar refractivity (Wildman–Crippen MR) is 47.8 cm³/mol. The molecule has 0 spiro atoms. The molecule has 0 aromatic heterocycles. The van der Waals surface area contributed by atoms with E-state index in [1.54, 1.807) is 0 Å². The topological polar surface area (TPSA) is 12.4 Å². The highest BCUT2D eigenvalue weighted by atomic mass is 14.7. The Morgan fingerprint density at radius 1 is 1.10 bits per heavy atom. The van der Waals surface area contributed by atoms with E-state index in [0.717, 1.165) is 6.54 Å². The zero-order valence-electron chi connectivity index (χ0n) is 7.48. The largest absolute Gasteiger partial charge is 0.294 e. The highest BCUT2D eigenvalue weighted by Gasteiger charge is 1.96. The number of nitrogens with zero attached hydrogens (tertiary/aromatic N) is 1. The van der Waals surface area contributed by atoms with Crippen molar-refractivity contribution in [1.82, 2.24) is 0 Å². The van der Waals surface area contributed by atoms with Crippen LogP contribution in [0, 0.1) is 0 Å². The zero-order chi connectivity index (χ0) is 7.82. The maximum absolute atomic E-state index is 4.34. The normalized spacial score (nSPS) is 18.1. The van der Waals surface area contributed by atoms with E-state index in [2.05, 4.69) is 11.9 Å². The van der Waals surface area contributed by atoms with Crippen LogP contribution in [0.2, 0.25) is 0 Å². The Balaban J connectivity index is 0.000000371. The first-order chi connectivity index (χ1) is 4.89. The first-order valence-corrected chi connectivity index (χ1v) is 4.39. The van der Waals surface area contributed by atoms with Crippen LogP contribution >= 0.6 is 0 Å².